The second-order valence-corrected chi connectivity index (χ2v) is 20.0. The number of rotatable bonds is 2. The molecule has 3 unspecified atom stereocenters. The lowest BCUT2D eigenvalue weighted by molar-refractivity contribution is 0.122. The van der Waals surface area contributed by atoms with Crippen molar-refractivity contribution in [1.82, 2.24) is 4.57 Å². The van der Waals surface area contributed by atoms with Gasteiger partial charge in [-0.2, -0.15) is 0 Å². The van der Waals surface area contributed by atoms with Gasteiger partial charge >= 0.3 is 0 Å². The predicted molar refractivity (Wildman–Crippen MR) is 153 cm³/mol. The fourth-order valence-electron chi connectivity index (χ4n) is 8.49. The maximum Gasteiger partial charge on any atom is 0.126 e. The minimum atomic E-state index is -1.72. The maximum atomic E-state index is 2.94. The van der Waals surface area contributed by atoms with Crippen molar-refractivity contribution in [3.63, 3.8) is 0 Å². The first kappa shape index (κ1) is 26.0. The van der Waals surface area contributed by atoms with Crippen molar-refractivity contribution in [1.29, 1.82) is 0 Å². The van der Waals surface area contributed by atoms with Crippen molar-refractivity contribution in [2.24, 2.45) is 11.8 Å². The number of nitrogens with zero attached hydrogens (tertiary/aromatic N) is 1. The second-order valence-electron chi connectivity index (χ2n) is 15.6. The average Bonchev–Trinajstić information content (AvgIpc) is 3.14. The number of hydrogen-bond acceptors (Lipinski definition) is 1. The zero-order valence-corrected chi connectivity index (χ0v) is 25.5. The predicted octanol–water partition coefficient (Wildman–Crippen LogP) is 9.10. The summed E-state index contributed by atoms with van der Waals surface area (Å²) in [6.45, 7) is 31.8. The van der Waals surface area contributed by atoms with Gasteiger partial charge in [0.15, 0.2) is 0 Å². The molecule has 0 aliphatic heterocycles. The molecule has 0 aromatic heterocycles. The Labute approximate surface area is 212 Å². The van der Waals surface area contributed by atoms with E-state index in [-0.39, 0.29) is 21.9 Å². The van der Waals surface area contributed by atoms with E-state index in [0.717, 1.165) is 5.54 Å². The highest BCUT2D eigenvalue weighted by molar-refractivity contribution is 6.76. The van der Waals surface area contributed by atoms with Crippen LogP contribution in [0.2, 0.25) is 18.6 Å². The van der Waals surface area contributed by atoms with Gasteiger partial charge in [-0.05, 0) is 98.6 Å². The summed E-state index contributed by atoms with van der Waals surface area (Å²) in [5.74, 6) is 1.38. The molecular weight excluding hydrogens is 426 g/mol. The molecule has 0 bridgehead atoms. The highest BCUT2D eigenvalue weighted by Gasteiger charge is 2.54. The zero-order chi connectivity index (χ0) is 25.6. The zero-order valence-electron chi connectivity index (χ0n) is 24.5. The molecule has 1 saturated carbocycles. The molecule has 0 radical (unpaired) electrons. The van der Waals surface area contributed by atoms with Crippen LogP contribution in [0.5, 0.6) is 0 Å². The summed E-state index contributed by atoms with van der Waals surface area (Å²) in [7, 11) is -1.72. The fourth-order valence-corrected chi connectivity index (χ4v) is 14.4. The Bertz CT molecular complexity index is 1020. The molecule has 0 saturated heterocycles. The highest BCUT2D eigenvalue weighted by atomic mass is 28.3. The molecule has 3 aliphatic rings. The van der Waals surface area contributed by atoms with Gasteiger partial charge in [0.2, 0.25) is 0 Å². The molecule has 34 heavy (non-hydrogen) atoms. The molecule has 0 heterocycles. The molecule has 1 nitrogen and oxygen atoms in total. The summed E-state index contributed by atoms with van der Waals surface area (Å²) in [5.41, 5.74) is 9.07. The summed E-state index contributed by atoms with van der Waals surface area (Å²) < 4.78 is 2.94. The minimum Gasteiger partial charge on any atom is -0.314 e. The molecular formula is C32H51NSi. The van der Waals surface area contributed by atoms with Crippen molar-refractivity contribution < 1.29 is 0 Å². The summed E-state index contributed by atoms with van der Waals surface area (Å²) in [5, 5.41) is 0. The van der Waals surface area contributed by atoms with Crippen LogP contribution in [0.1, 0.15) is 106 Å². The molecule has 3 aliphatic carbocycles. The Kier molecular flexibility index (Phi) is 5.87. The summed E-state index contributed by atoms with van der Waals surface area (Å²) in [4.78, 5) is 0. The largest absolute Gasteiger partial charge is 0.314 e. The van der Waals surface area contributed by atoms with E-state index in [1.165, 1.54) is 29.5 Å². The van der Waals surface area contributed by atoms with Gasteiger partial charge < -0.3 is 4.57 Å². The Morgan fingerprint density at radius 3 is 1.97 bits per heavy atom. The first-order valence-corrected chi connectivity index (χ1v) is 16.7. The second kappa shape index (κ2) is 7.69. The SMILES string of the molecule is CC(C)(C)c1ccc2c(c1)C(C)(C)C1=CC3CCC([Si](C)(C)N(C(C)(C)C)C(C)(C)C)C3C=C12. The van der Waals surface area contributed by atoms with Gasteiger partial charge in [0.1, 0.15) is 8.24 Å². The third-order valence-corrected chi connectivity index (χ3v) is 14.1. The molecule has 1 aromatic carbocycles. The Balaban J connectivity index is 1.79. The van der Waals surface area contributed by atoms with Crippen LogP contribution in [0.3, 0.4) is 0 Å². The highest BCUT2D eigenvalue weighted by Crippen LogP contribution is 2.59. The normalized spacial score (nSPS) is 26.7. The van der Waals surface area contributed by atoms with Crippen molar-refractivity contribution >= 4 is 13.8 Å². The number of allylic oxidation sites excluding steroid dienone is 4. The Morgan fingerprint density at radius 2 is 1.44 bits per heavy atom. The van der Waals surface area contributed by atoms with Crippen LogP contribution in [0.25, 0.3) is 5.57 Å². The van der Waals surface area contributed by atoms with Crippen LogP contribution >= 0.6 is 0 Å². The first-order chi connectivity index (χ1) is 15.3. The van der Waals surface area contributed by atoms with E-state index in [9.17, 15) is 0 Å². The van der Waals surface area contributed by atoms with Gasteiger partial charge in [0.25, 0.3) is 0 Å². The van der Waals surface area contributed by atoms with E-state index < -0.39 is 8.24 Å². The molecule has 0 amide bonds. The molecule has 2 heteroatoms. The molecule has 1 fully saturated rings. The quantitative estimate of drug-likeness (QED) is 0.384. The summed E-state index contributed by atoms with van der Waals surface area (Å²) in [6.07, 6.45) is 8.20. The van der Waals surface area contributed by atoms with E-state index in [1.54, 1.807) is 11.1 Å². The minimum absolute atomic E-state index is 0.0985. The van der Waals surface area contributed by atoms with Gasteiger partial charge in [-0.25, -0.2) is 0 Å². The fraction of sp³-hybridized carbons (Fsp3) is 0.688. The standard InChI is InChI=1S/C32H51NSi/c1-29(2,3)22-15-16-23-25-20-24-21(18-26(25)32(10,11)27(23)19-22)14-17-28(24)34(12,13)33(30(4,5)6)31(7,8)9/h15-16,18-21,24,28H,14,17H2,1-13H3. The van der Waals surface area contributed by atoms with Crippen molar-refractivity contribution in [3.8, 4) is 0 Å². The lowest BCUT2D eigenvalue weighted by Gasteiger charge is -2.57. The van der Waals surface area contributed by atoms with Gasteiger partial charge in [0.05, 0.1) is 0 Å². The molecule has 0 N–H and O–H groups in total. The number of benzene rings is 1. The number of hydrogen-bond donors (Lipinski definition) is 0. The van der Waals surface area contributed by atoms with Crippen LogP contribution in [0.15, 0.2) is 35.9 Å². The van der Waals surface area contributed by atoms with Crippen LogP contribution in [-0.2, 0) is 10.8 Å². The number of fused-ring (bicyclic) bond motifs is 4. The van der Waals surface area contributed by atoms with E-state index in [4.69, 9.17) is 0 Å². The topological polar surface area (TPSA) is 3.24 Å². The summed E-state index contributed by atoms with van der Waals surface area (Å²) >= 11 is 0. The van der Waals surface area contributed by atoms with Crippen molar-refractivity contribution in [3.05, 3.63) is 52.6 Å². The lowest BCUT2D eigenvalue weighted by atomic mass is 9.75. The van der Waals surface area contributed by atoms with E-state index >= 15 is 0 Å². The molecule has 3 atom stereocenters. The first-order valence-electron chi connectivity index (χ1n) is 13.7. The van der Waals surface area contributed by atoms with E-state index in [2.05, 4.69) is 124 Å². The van der Waals surface area contributed by atoms with Gasteiger partial charge in [-0.3, -0.25) is 0 Å². The molecule has 4 rings (SSSR count). The summed E-state index contributed by atoms with van der Waals surface area (Å²) in [6, 6.07) is 7.34. The third-order valence-electron chi connectivity index (χ3n) is 9.15. The lowest BCUT2D eigenvalue weighted by Crippen LogP contribution is -2.67. The van der Waals surface area contributed by atoms with Crippen molar-refractivity contribution in [2.75, 3.05) is 0 Å². The van der Waals surface area contributed by atoms with E-state index in [1.807, 2.05) is 0 Å². The molecule has 1 aromatic rings. The third kappa shape index (κ3) is 4.01. The van der Waals surface area contributed by atoms with Gasteiger partial charge in [-0.15, -0.1) is 0 Å². The Hall–Kier alpha value is -1.12. The monoisotopic (exact) mass is 477 g/mol. The van der Waals surface area contributed by atoms with Crippen LogP contribution in [0, 0.1) is 11.8 Å². The van der Waals surface area contributed by atoms with Gasteiger partial charge in [-0.1, -0.05) is 84.5 Å². The average molecular weight is 478 g/mol. The maximum absolute atomic E-state index is 2.94. The smallest absolute Gasteiger partial charge is 0.126 e. The van der Waals surface area contributed by atoms with Gasteiger partial charge in [0, 0.05) is 16.5 Å². The molecule has 188 valence electrons. The Morgan fingerprint density at radius 1 is 0.853 bits per heavy atom. The molecule has 0 spiro atoms. The van der Waals surface area contributed by atoms with E-state index in [0.29, 0.717) is 11.8 Å². The van der Waals surface area contributed by atoms with Crippen LogP contribution in [-0.4, -0.2) is 23.9 Å². The van der Waals surface area contributed by atoms with Crippen LogP contribution in [0.4, 0.5) is 0 Å². The van der Waals surface area contributed by atoms with Crippen LogP contribution < -0.4 is 0 Å². The van der Waals surface area contributed by atoms with Crippen molar-refractivity contribution in [2.45, 2.75) is 130 Å².